The number of hydrogen-bond donors (Lipinski definition) is 1. The normalized spacial score (nSPS) is 29.2. The summed E-state index contributed by atoms with van der Waals surface area (Å²) in [5, 5.41) is 0.357. The molecule has 2 aliphatic rings. The molecule has 1 aromatic rings. The average Bonchev–Trinajstić information content (AvgIpc) is 2.87. The molecule has 1 saturated heterocycles. The minimum atomic E-state index is -3.78. The zero-order valence-corrected chi connectivity index (χ0v) is 13.7. The van der Waals surface area contributed by atoms with Gasteiger partial charge < -0.3 is 5.73 Å². The van der Waals surface area contributed by atoms with E-state index >= 15 is 0 Å². The van der Waals surface area contributed by atoms with Gasteiger partial charge in [0.1, 0.15) is 6.04 Å². The lowest BCUT2D eigenvalue weighted by Crippen LogP contribution is -2.48. The summed E-state index contributed by atoms with van der Waals surface area (Å²) in [6.45, 7) is 0. The Balaban J connectivity index is 2.04. The van der Waals surface area contributed by atoms with Crippen LogP contribution in [-0.4, -0.2) is 30.7 Å². The number of halogens is 1. The van der Waals surface area contributed by atoms with Crippen molar-refractivity contribution in [1.82, 2.24) is 4.31 Å². The van der Waals surface area contributed by atoms with Gasteiger partial charge in [0.2, 0.25) is 15.9 Å². The van der Waals surface area contributed by atoms with Crippen molar-refractivity contribution in [2.45, 2.75) is 49.1 Å². The number of nitrogens with two attached hydrogens (primary N) is 1. The number of primary amides is 1. The summed E-state index contributed by atoms with van der Waals surface area (Å²) in [5.41, 5.74) is 5.48. The molecule has 2 fully saturated rings. The van der Waals surface area contributed by atoms with Crippen molar-refractivity contribution in [3.63, 3.8) is 0 Å². The monoisotopic (exact) mass is 342 g/mol. The van der Waals surface area contributed by atoms with Gasteiger partial charge in [-0.05, 0) is 43.4 Å². The first-order chi connectivity index (χ1) is 10.4. The zero-order valence-electron chi connectivity index (χ0n) is 12.1. The van der Waals surface area contributed by atoms with Crippen molar-refractivity contribution in [3.8, 4) is 0 Å². The molecule has 7 heteroatoms. The first-order valence-electron chi connectivity index (χ1n) is 7.49. The molecule has 1 saturated carbocycles. The fourth-order valence-electron chi connectivity index (χ4n) is 3.76. The second-order valence-corrected chi connectivity index (χ2v) is 8.34. The van der Waals surface area contributed by atoms with Crippen LogP contribution in [0.4, 0.5) is 0 Å². The van der Waals surface area contributed by atoms with E-state index in [2.05, 4.69) is 0 Å². The van der Waals surface area contributed by atoms with Crippen LogP contribution in [0.3, 0.4) is 0 Å². The van der Waals surface area contributed by atoms with E-state index in [1.165, 1.54) is 16.4 Å². The Kier molecular flexibility index (Phi) is 4.18. The van der Waals surface area contributed by atoms with E-state index in [0.29, 0.717) is 11.4 Å². The molecule has 2 N–H and O–H groups in total. The molecule has 120 valence electrons. The maximum atomic E-state index is 13.0. The van der Waals surface area contributed by atoms with Gasteiger partial charge in [0.15, 0.2) is 0 Å². The second kappa shape index (κ2) is 5.83. The van der Waals surface area contributed by atoms with Crippen molar-refractivity contribution >= 4 is 27.5 Å². The third kappa shape index (κ3) is 2.64. The number of nitrogens with zero attached hydrogens (tertiary/aromatic N) is 1. The second-order valence-electron chi connectivity index (χ2n) is 6.06. The number of fused-ring (bicyclic) bond motifs is 1. The van der Waals surface area contributed by atoms with Crippen molar-refractivity contribution in [1.29, 1.82) is 0 Å². The number of rotatable bonds is 3. The van der Waals surface area contributed by atoms with Crippen LogP contribution in [0.25, 0.3) is 0 Å². The van der Waals surface area contributed by atoms with Crippen LogP contribution >= 0.6 is 11.6 Å². The van der Waals surface area contributed by atoms with Gasteiger partial charge in [-0.2, -0.15) is 4.31 Å². The highest BCUT2D eigenvalue weighted by Gasteiger charge is 2.50. The smallest absolute Gasteiger partial charge is 0.244 e. The summed E-state index contributed by atoms with van der Waals surface area (Å²) >= 11 is 5.92. The quantitative estimate of drug-likeness (QED) is 0.913. The number of hydrogen-bond acceptors (Lipinski definition) is 3. The predicted molar refractivity (Wildman–Crippen MR) is 83.8 cm³/mol. The van der Waals surface area contributed by atoms with Crippen LogP contribution in [-0.2, 0) is 14.8 Å². The van der Waals surface area contributed by atoms with Gasteiger partial charge in [0.05, 0.1) is 4.90 Å². The lowest BCUT2D eigenvalue weighted by molar-refractivity contribution is -0.121. The van der Waals surface area contributed by atoms with Crippen molar-refractivity contribution in [3.05, 3.63) is 29.3 Å². The molecule has 0 spiro atoms. The standard InChI is InChI=1S/C15H19ClN2O3S/c16-11-5-3-6-12(9-11)22(20,21)18-13-7-2-1-4-10(13)8-14(18)15(17)19/h3,5-6,9-10,13-14H,1-2,4,7-8H2,(H2,17,19)/t10-,13-,14-/m0/s1. The summed E-state index contributed by atoms with van der Waals surface area (Å²) in [7, 11) is -3.78. The Labute approximate surface area is 135 Å². The molecule has 0 aromatic heterocycles. The maximum Gasteiger partial charge on any atom is 0.244 e. The van der Waals surface area contributed by atoms with E-state index in [9.17, 15) is 13.2 Å². The topological polar surface area (TPSA) is 80.5 Å². The van der Waals surface area contributed by atoms with Crippen molar-refractivity contribution < 1.29 is 13.2 Å². The SMILES string of the molecule is NC(=O)[C@@H]1C[C@@H]2CCCC[C@@H]2N1S(=O)(=O)c1cccc(Cl)c1. The van der Waals surface area contributed by atoms with E-state index in [4.69, 9.17) is 17.3 Å². The van der Waals surface area contributed by atoms with Gasteiger partial charge in [0.25, 0.3) is 0 Å². The van der Waals surface area contributed by atoms with Gasteiger partial charge in [-0.1, -0.05) is 30.5 Å². The van der Waals surface area contributed by atoms with Gasteiger partial charge in [0, 0.05) is 11.1 Å². The molecule has 1 aliphatic carbocycles. The van der Waals surface area contributed by atoms with E-state index in [1.807, 2.05) is 0 Å². The first-order valence-corrected chi connectivity index (χ1v) is 9.31. The summed E-state index contributed by atoms with van der Waals surface area (Å²) < 4.78 is 27.4. The van der Waals surface area contributed by atoms with Gasteiger partial charge >= 0.3 is 0 Å². The van der Waals surface area contributed by atoms with Crippen LogP contribution in [0.2, 0.25) is 5.02 Å². The fourth-order valence-corrected chi connectivity index (χ4v) is 5.94. The van der Waals surface area contributed by atoms with E-state index < -0.39 is 22.0 Å². The highest BCUT2D eigenvalue weighted by molar-refractivity contribution is 7.89. The molecule has 0 unspecified atom stereocenters. The average molecular weight is 343 g/mol. The van der Waals surface area contributed by atoms with Crippen LogP contribution in [0.1, 0.15) is 32.1 Å². The number of benzene rings is 1. The summed E-state index contributed by atoms with van der Waals surface area (Å²) in [5.74, 6) is -0.347. The highest BCUT2D eigenvalue weighted by atomic mass is 35.5. The molecular formula is C15H19ClN2O3S. The molecule has 3 atom stereocenters. The molecule has 0 bridgehead atoms. The molecule has 22 heavy (non-hydrogen) atoms. The summed E-state index contributed by atoms with van der Waals surface area (Å²) in [6, 6.07) is 5.27. The van der Waals surface area contributed by atoms with Gasteiger partial charge in [-0.3, -0.25) is 4.79 Å². The summed E-state index contributed by atoms with van der Waals surface area (Å²) in [6.07, 6.45) is 4.33. The fraction of sp³-hybridized carbons (Fsp3) is 0.533. The lowest BCUT2D eigenvalue weighted by atomic mass is 9.85. The van der Waals surface area contributed by atoms with E-state index in [1.54, 1.807) is 12.1 Å². The predicted octanol–water partition coefficient (Wildman–Crippen LogP) is 2.15. The van der Waals surface area contributed by atoms with Gasteiger partial charge in [-0.15, -0.1) is 0 Å². The van der Waals surface area contributed by atoms with E-state index in [0.717, 1.165) is 25.7 Å². The number of amides is 1. The van der Waals surface area contributed by atoms with Crippen LogP contribution in [0.5, 0.6) is 0 Å². The first kappa shape index (κ1) is 15.8. The number of carbonyl (C=O) groups is 1. The Morgan fingerprint density at radius 2 is 2.00 bits per heavy atom. The van der Waals surface area contributed by atoms with Crippen molar-refractivity contribution in [2.24, 2.45) is 11.7 Å². The van der Waals surface area contributed by atoms with Crippen LogP contribution < -0.4 is 5.73 Å². The number of carbonyl (C=O) groups excluding carboxylic acids is 1. The molecule has 1 amide bonds. The van der Waals surface area contributed by atoms with Gasteiger partial charge in [-0.25, -0.2) is 8.42 Å². The molecule has 5 nitrogen and oxygen atoms in total. The molecule has 1 heterocycles. The Morgan fingerprint density at radius 1 is 1.27 bits per heavy atom. The molecule has 0 radical (unpaired) electrons. The largest absolute Gasteiger partial charge is 0.368 e. The third-order valence-corrected chi connectivity index (χ3v) is 6.89. The summed E-state index contributed by atoms with van der Waals surface area (Å²) in [4.78, 5) is 11.9. The van der Waals surface area contributed by atoms with E-state index in [-0.39, 0.29) is 16.9 Å². The minimum absolute atomic E-state index is 0.123. The highest BCUT2D eigenvalue weighted by Crippen LogP contribution is 2.42. The maximum absolute atomic E-state index is 13.0. The Hall–Kier alpha value is -1.11. The molecule has 3 rings (SSSR count). The molecular weight excluding hydrogens is 324 g/mol. The lowest BCUT2D eigenvalue weighted by Gasteiger charge is -2.32. The minimum Gasteiger partial charge on any atom is -0.368 e. The van der Waals surface area contributed by atoms with Crippen molar-refractivity contribution in [2.75, 3.05) is 0 Å². The zero-order chi connectivity index (χ0) is 15.9. The van der Waals surface area contributed by atoms with Crippen LogP contribution in [0, 0.1) is 5.92 Å². The third-order valence-electron chi connectivity index (χ3n) is 4.73. The Morgan fingerprint density at radius 3 is 2.68 bits per heavy atom. The molecule has 1 aliphatic heterocycles. The number of sulfonamides is 1. The Bertz CT molecular complexity index is 692. The molecule has 1 aromatic carbocycles. The van der Waals surface area contributed by atoms with Crippen LogP contribution in [0.15, 0.2) is 29.2 Å².